The summed E-state index contributed by atoms with van der Waals surface area (Å²) in [4.78, 5) is 18.3. The average Bonchev–Trinajstić information content (AvgIpc) is 3.23. The molecular weight excluding hydrogens is 450 g/mol. The molecule has 7 rings (SSSR count). The molecule has 1 aromatic heterocycles. The Balaban J connectivity index is 1.08. The molecule has 0 aliphatic heterocycles. The lowest BCUT2D eigenvalue weighted by Crippen LogP contribution is -2.53. The number of amides is 1. The molecule has 4 bridgehead atoms. The van der Waals surface area contributed by atoms with Gasteiger partial charge in [0.2, 0.25) is 5.91 Å². The highest BCUT2D eigenvalue weighted by molar-refractivity contribution is 5.83. The maximum Gasteiger partial charge on any atom is 0.226 e. The Labute approximate surface area is 213 Å². The molecule has 1 amide bonds. The molecule has 1 N–H and O–H groups in total. The van der Waals surface area contributed by atoms with Gasteiger partial charge in [0.25, 0.3) is 0 Å². The SMILES string of the molecule is COc1ccccc1OCCCn1c(CCNC(=O)C23CC4CC(CC(C4)C2)C3)nc2ccccc21. The van der Waals surface area contributed by atoms with E-state index in [-0.39, 0.29) is 5.41 Å². The predicted molar refractivity (Wildman–Crippen MR) is 140 cm³/mol. The van der Waals surface area contributed by atoms with Crippen LogP contribution in [0.4, 0.5) is 0 Å². The number of imidazole rings is 1. The lowest BCUT2D eigenvalue weighted by Gasteiger charge is -2.55. The van der Waals surface area contributed by atoms with Crippen LogP contribution in [0, 0.1) is 23.2 Å². The van der Waals surface area contributed by atoms with E-state index in [0.29, 0.717) is 19.1 Å². The highest BCUT2D eigenvalue weighted by atomic mass is 16.5. The Morgan fingerprint density at radius 1 is 1.00 bits per heavy atom. The average molecular weight is 488 g/mol. The Bertz CT molecular complexity index is 1200. The quantitative estimate of drug-likeness (QED) is 0.390. The predicted octanol–water partition coefficient (Wildman–Crippen LogP) is 5.39. The van der Waals surface area contributed by atoms with Crippen molar-refractivity contribution in [3.05, 3.63) is 54.4 Å². The molecule has 36 heavy (non-hydrogen) atoms. The lowest BCUT2D eigenvalue weighted by atomic mass is 9.49. The third-order valence-electron chi connectivity index (χ3n) is 8.74. The third-order valence-corrected chi connectivity index (χ3v) is 8.74. The van der Waals surface area contributed by atoms with Crippen LogP contribution in [0.3, 0.4) is 0 Å². The number of rotatable bonds is 10. The van der Waals surface area contributed by atoms with Gasteiger partial charge in [0, 0.05) is 24.9 Å². The molecule has 0 unspecified atom stereocenters. The van der Waals surface area contributed by atoms with E-state index in [4.69, 9.17) is 14.5 Å². The van der Waals surface area contributed by atoms with Crippen LogP contribution in [0.2, 0.25) is 0 Å². The first-order valence-electron chi connectivity index (χ1n) is 13.6. The van der Waals surface area contributed by atoms with Crippen molar-refractivity contribution < 1.29 is 14.3 Å². The minimum absolute atomic E-state index is 0.0925. The largest absolute Gasteiger partial charge is 0.493 e. The Morgan fingerprint density at radius 3 is 2.39 bits per heavy atom. The number of methoxy groups -OCH3 is 1. The minimum Gasteiger partial charge on any atom is -0.493 e. The molecule has 2 aromatic carbocycles. The van der Waals surface area contributed by atoms with Crippen molar-refractivity contribution in [2.75, 3.05) is 20.3 Å². The zero-order valence-corrected chi connectivity index (χ0v) is 21.2. The number of hydrogen-bond acceptors (Lipinski definition) is 4. The number of hydrogen-bond donors (Lipinski definition) is 1. The van der Waals surface area contributed by atoms with Gasteiger partial charge in [-0.1, -0.05) is 24.3 Å². The highest BCUT2D eigenvalue weighted by Gasteiger charge is 2.54. The van der Waals surface area contributed by atoms with Crippen LogP contribution in [-0.2, 0) is 17.8 Å². The number of fused-ring (bicyclic) bond motifs is 1. The molecule has 6 nitrogen and oxygen atoms in total. The molecule has 4 fully saturated rings. The Morgan fingerprint density at radius 2 is 1.67 bits per heavy atom. The molecule has 4 saturated carbocycles. The number of carbonyl (C=O) groups excluding carboxylic acids is 1. The van der Waals surface area contributed by atoms with Crippen LogP contribution in [0.25, 0.3) is 11.0 Å². The smallest absolute Gasteiger partial charge is 0.226 e. The van der Waals surface area contributed by atoms with E-state index in [1.807, 2.05) is 30.3 Å². The first-order chi connectivity index (χ1) is 17.6. The van der Waals surface area contributed by atoms with Gasteiger partial charge < -0.3 is 19.4 Å². The summed E-state index contributed by atoms with van der Waals surface area (Å²) in [5, 5.41) is 3.33. The van der Waals surface area contributed by atoms with Crippen LogP contribution < -0.4 is 14.8 Å². The summed E-state index contributed by atoms with van der Waals surface area (Å²) in [5.74, 6) is 5.19. The van der Waals surface area contributed by atoms with Crippen molar-refractivity contribution in [3.8, 4) is 11.5 Å². The first kappa shape index (κ1) is 23.4. The van der Waals surface area contributed by atoms with Gasteiger partial charge in [-0.05, 0) is 87.0 Å². The van der Waals surface area contributed by atoms with Gasteiger partial charge in [0.15, 0.2) is 11.5 Å². The maximum atomic E-state index is 13.4. The molecule has 0 radical (unpaired) electrons. The number of aromatic nitrogens is 2. The van der Waals surface area contributed by atoms with Crippen LogP contribution in [0.1, 0.15) is 50.8 Å². The van der Waals surface area contributed by atoms with E-state index in [1.54, 1.807) is 7.11 Å². The highest BCUT2D eigenvalue weighted by Crippen LogP contribution is 2.60. The molecule has 6 heteroatoms. The molecule has 0 spiro atoms. The molecule has 0 atom stereocenters. The van der Waals surface area contributed by atoms with Crippen molar-refractivity contribution in [1.82, 2.24) is 14.9 Å². The van der Waals surface area contributed by atoms with Crippen molar-refractivity contribution in [2.45, 2.75) is 57.9 Å². The molecule has 3 aromatic rings. The van der Waals surface area contributed by atoms with Gasteiger partial charge in [0.05, 0.1) is 24.8 Å². The zero-order chi connectivity index (χ0) is 24.5. The molecule has 0 saturated heterocycles. The fourth-order valence-electron chi connectivity index (χ4n) is 7.57. The summed E-state index contributed by atoms with van der Waals surface area (Å²) >= 11 is 0. The topological polar surface area (TPSA) is 65.4 Å². The van der Waals surface area contributed by atoms with Crippen LogP contribution in [0.15, 0.2) is 48.5 Å². The van der Waals surface area contributed by atoms with E-state index < -0.39 is 0 Å². The van der Waals surface area contributed by atoms with Gasteiger partial charge in [-0.3, -0.25) is 4.79 Å². The fourth-order valence-corrected chi connectivity index (χ4v) is 7.57. The monoisotopic (exact) mass is 487 g/mol. The number of carbonyl (C=O) groups is 1. The Kier molecular flexibility index (Phi) is 6.36. The van der Waals surface area contributed by atoms with E-state index in [2.05, 4.69) is 28.1 Å². The Hall–Kier alpha value is -3.02. The van der Waals surface area contributed by atoms with E-state index in [0.717, 1.165) is 84.8 Å². The second-order valence-corrected chi connectivity index (χ2v) is 11.2. The number of nitrogens with zero attached hydrogens (tertiary/aromatic N) is 2. The standard InChI is InChI=1S/C30H37N3O3/c1-35-26-9-4-5-10-27(26)36-14-6-13-33-25-8-3-2-7-24(25)32-28(33)11-12-31-29(34)30-18-21-15-22(19-30)17-23(16-21)20-30/h2-5,7-10,21-23H,6,11-20H2,1H3,(H,31,34). The number of benzene rings is 2. The first-order valence-corrected chi connectivity index (χ1v) is 13.6. The van der Waals surface area contributed by atoms with Crippen LogP contribution in [0.5, 0.6) is 11.5 Å². The van der Waals surface area contributed by atoms with Crippen molar-refractivity contribution in [1.29, 1.82) is 0 Å². The van der Waals surface area contributed by atoms with Crippen LogP contribution in [-0.4, -0.2) is 35.7 Å². The number of nitrogens with one attached hydrogen (secondary N) is 1. The summed E-state index contributed by atoms with van der Waals surface area (Å²) in [5.41, 5.74) is 2.05. The summed E-state index contributed by atoms with van der Waals surface area (Å²) in [6.45, 7) is 2.05. The summed E-state index contributed by atoms with van der Waals surface area (Å²) in [6.07, 6.45) is 8.98. The normalized spacial score (nSPS) is 26.3. The molecule has 4 aliphatic rings. The minimum atomic E-state index is -0.0925. The second-order valence-electron chi connectivity index (χ2n) is 11.2. The molecule has 190 valence electrons. The number of aryl methyl sites for hydroxylation is 1. The number of ether oxygens (including phenoxy) is 2. The second kappa shape index (κ2) is 9.79. The summed E-state index contributed by atoms with van der Waals surface area (Å²) in [6, 6.07) is 16.0. The summed E-state index contributed by atoms with van der Waals surface area (Å²) < 4.78 is 13.7. The van der Waals surface area contributed by atoms with E-state index in [1.165, 1.54) is 19.3 Å². The van der Waals surface area contributed by atoms with Gasteiger partial charge in [-0.15, -0.1) is 0 Å². The molecular formula is C30H37N3O3. The fraction of sp³-hybridized carbons (Fsp3) is 0.533. The number of para-hydroxylation sites is 4. The lowest BCUT2D eigenvalue weighted by molar-refractivity contribution is -0.146. The van der Waals surface area contributed by atoms with Gasteiger partial charge in [-0.25, -0.2) is 4.98 Å². The van der Waals surface area contributed by atoms with Gasteiger partial charge in [-0.2, -0.15) is 0 Å². The third kappa shape index (κ3) is 4.46. The van der Waals surface area contributed by atoms with Crippen molar-refractivity contribution in [3.63, 3.8) is 0 Å². The van der Waals surface area contributed by atoms with Crippen molar-refractivity contribution in [2.24, 2.45) is 23.2 Å². The summed E-state index contributed by atoms with van der Waals surface area (Å²) in [7, 11) is 1.66. The van der Waals surface area contributed by atoms with Crippen molar-refractivity contribution >= 4 is 16.9 Å². The molecule has 1 heterocycles. The zero-order valence-electron chi connectivity index (χ0n) is 21.2. The molecule has 4 aliphatic carbocycles. The van der Waals surface area contributed by atoms with E-state index >= 15 is 0 Å². The van der Waals surface area contributed by atoms with Crippen LogP contribution >= 0.6 is 0 Å². The van der Waals surface area contributed by atoms with Gasteiger partial charge >= 0.3 is 0 Å². The van der Waals surface area contributed by atoms with Gasteiger partial charge in [0.1, 0.15) is 5.82 Å². The van der Waals surface area contributed by atoms with E-state index in [9.17, 15) is 4.79 Å². The maximum absolute atomic E-state index is 13.4.